The summed E-state index contributed by atoms with van der Waals surface area (Å²) in [5, 5.41) is 0. The first-order valence-corrected chi connectivity index (χ1v) is 11.6. The number of piperidine rings is 1. The van der Waals surface area contributed by atoms with Crippen LogP contribution in [0.15, 0.2) is 12.1 Å². The third-order valence-electron chi connectivity index (χ3n) is 5.78. The van der Waals surface area contributed by atoms with Crippen LogP contribution in [-0.2, 0) is 22.1 Å². The van der Waals surface area contributed by atoms with Crippen LogP contribution in [0, 0.1) is 12.3 Å². The van der Waals surface area contributed by atoms with Crippen molar-refractivity contribution in [1.82, 2.24) is 14.6 Å². The van der Waals surface area contributed by atoms with E-state index in [0.717, 1.165) is 36.2 Å². The van der Waals surface area contributed by atoms with Crippen molar-refractivity contribution >= 4 is 17.1 Å². The van der Waals surface area contributed by atoms with Gasteiger partial charge >= 0.3 is 6.09 Å². The first-order valence-electron chi connectivity index (χ1n) is 10.4. The molecule has 1 N–H and O–H groups in total. The van der Waals surface area contributed by atoms with Gasteiger partial charge in [0, 0.05) is 24.5 Å². The fraction of sp³-hybridized carbons (Fsp3) is 0.727. The molecule has 0 aromatic carbocycles. The van der Waals surface area contributed by atoms with E-state index in [-0.39, 0.29) is 22.3 Å². The van der Waals surface area contributed by atoms with Gasteiger partial charge in [-0.25, -0.2) is 13.7 Å². The van der Waals surface area contributed by atoms with Crippen LogP contribution in [0.25, 0.3) is 0 Å². The molecule has 2 aliphatic rings. The maximum absolute atomic E-state index is 12.9. The fourth-order valence-corrected chi connectivity index (χ4v) is 5.13. The molecule has 1 aromatic rings. The Labute approximate surface area is 177 Å². The maximum Gasteiger partial charge on any atom is 0.410 e. The molecule has 1 aliphatic carbocycles. The lowest BCUT2D eigenvalue weighted by molar-refractivity contribution is 0.00719. The van der Waals surface area contributed by atoms with Crippen LogP contribution < -0.4 is 4.72 Å². The van der Waals surface area contributed by atoms with Gasteiger partial charge in [0.2, 0.25) is 0 Å². The Kier molecular flexibility index (Phi) is 5.86. The van der Waals surface area contributed by atoms with Crippen LogP contribution in [0.3, 0.4) is 0 Å². The van der Waals surface area contributed by atoms with E-state index in [4.69, 9.17) is 9.72 Å². The summed E-state index contributed by atoms with van der Waals surface area (Å²) in [7, 11) is -1.18. The van der Waals surface area contributed by atoms with Gasteiger partial charge in [0.1, 0.15) is 5.60 Å². The first kappa shape index (κ1) is 22.2. The third-order valence-corrected chi connectivity index (χ3v) is 7.35. The number of nitrogens with one attached hydrogen (secondary N) is 1. The standard InChI is InChI=1S/C22H35N3O3S/c1-15-8-9-16-17(23-15)14-22(18(16)24-29(27)21(5,6)7)10-12-25(13-11-22)19(26)28-20(2,3)4/h8-9,18,24H,10-14H2,1-7H3/t18?,29-/m1/s1. The predicted octanol–water partition coefficient (Wildman–Crippen LogP) is 4.06. The summed E-state index contributed by atoms with van der Waals surface area (Å²) in [6.07, 6.45) is 2.27. The van der Waals surface area contributed by atoms with Gasteiger partial charge in [-0.05, 0) is 84.8 Å². The molecule has 7 heteroatoms. The fourth-order valence-electron chi connectivity index (χ4n) is 4.19. The second-order valence-electron chi connectivity index (χ2n) is 10.4. The number of rotatable bonds is 2. The van der Waals surface area contributed by atoms with Gasteiger partial charge in [0.05, 0.1) is 21.8 Å². The number of aromatic nitrogens is 1. The summed E-state index contributed by atoms with van der Waals surface area (Å²) >= 11 is 0. The van der Waals surface area contributed by atoms with Gasteiger partial charge in [-0.15, -0.1) is 0 Å². The van der Waals surface area contributed by atoms with Crippen LogP contribution in [0.2, 0.25) is 0 Å². The molecule has 0 radical (unpaired) electrons. The number of ether oxygens (including phenoxy) is 1. The Hall–Kier alpha value is -1.47. The quantitative estimate of drug-likeness (QED) is 0.782. The van der Waals surface area contributed by atoms with Crippen molar-refractivity contribution in [2.45, 2.75) is 84.1 Å². The van der Waals surface area contributed by atoms with Crippen molar-refractivity contribution in [3.05, 3.63) is 29.1 Å². The van der Waals surface area contributed by atoms with Crippen molar-refractivity contribution in [2.24, 2.45) is 5.41 Å². The zero-order chi connectivity index (χ0) is 21.6. The Morgan fingerprint density at radius 3 is 2.38 bits per heavy atom. The minimum Gasteiger partial charge on any atom is -0.444 e. The molecule has 2 atom stereocenters. The smallest absolute Gasteiger partial charge is 0.410 e. The molecule has 1 aliphatic heterocycles. The molecule has 0 saturated carbocycles. The third kappa shape index (κ3) is 4.82. The maximum atomic E-state index is 12.9. The monoisotopic (exact) mass is 421 g/mol. The normalized spacial score (nSPS) is 22.4. The SMILES string of the molecule is Cc1ccc2c(n1)CC1(CCN(C(=O)OC(C)(C)C)CC1)C2N[S@](=O)C(C)(C)C. The number of aryl methyl sites for hydroxylation is 1. The number of carbonyl (C=O) groups excluding carboxylic acids is 1. The average molecular weight is 422 g/mol. The van der Waals surface area contributed by atoms with Crippen molar-refractivity contribution in [3.8, 4) is 0 Å². The van der Waals surface area contributed by atoms with E-state index in [1.165, 1.54) is 0 Å². The Morgan fingerprint density at radius 2 is 1.83 bits per heavy atom. The minimum atomic E-state index is -1.18. The predicted molar refractivity (Wildman–Crippen MR) is 116 cm³/mol. The lowest BCUT2D eigenvalue weighted by Crippen LogP contribution is -2.49. The summed E-state index contributed by atoms with van der Waals surface area (Å²) in [5.41, 5.74) is 2.67. The van der Waals surface area contributed by atoms with Crippen LogP contribution in [0.1, 0.15) is 77.4 Å². The molecule has 162 valence electrons. The second kappa shape index (κ2) is 7.65. The molecule has 2 heterocycles. The lowest BCUT2D eigenvalue weighted by atomic mass is 9.73. The molecular formula is C22H35N3O3S. The molecular weight excluding hydrogens is 386 g/mol. The summed E-state index contributed by atoms with van der Waals surface area (Å²) < 4.78 is 21.6. The van der Waals surface area contributed by atoms with Gasteiger partial charge in [-0.1, -0.05) is 6.07 Å². The van der Waals surface area contributed by atoms with Crippen LogP contribution in [-0.4, -0.2) is 43.6 Å². The van der Waals surface area contributed by atoms with E-state index in [1.807, 2.05) is 54.5 Å². The molecule has 3 rings (SSSR count). The Balaban J connectivity index is 1.82. The van der Waals surface area contributed by atoms with Crippen LogP contribution in [0.4, 0.5) is 4.79 Å². The number of fused-ring (bicyclic) bond motifs is 1. The van der Waals surface area contributed by atoms with Gasteiger partial charge < -0.3 is 9.64 Å². The van der Waals surface area contributed by atoms with E-state index in [2.05, 4.69) is 10.8 Å². The number of carbonyl (C=O) groups is 1. The summed E-state index contributed by atoms with van der Waals surface area (Å²) in [5.74, 6) is 0. The number of hydrogen-bond donors (Lipinski definition) is 1. The number of hydrogen-bond acceptors (Lipinski definition) is 4. The van der Waals surface area contributed by atoms with E-state index < -0.39 is 16.6 Å². The minimum absolute atomic E-state index is 0.0218. The molecule has 1 aromatic heterocycles. The highest BCUT2D eigenvalue weighted by molar-refractivity contribution is 7.84. The van der Waals surface area contributed by atoms with E-state index in [1.54, 1.807) is 4.90 Å². The summed E-state index contributed by atoms with van der Waals surface area (Å²) in [4.78, 5) is 19.1. The highest BCUT2D eigenvalue weighted by Crippen LogP contribution is 2.52. The van der Waals surface area contributed by atoms with E-state index in [9.17, 15) is 9.00 Å². The van der Waals surface area contributed by atoms with Crippen LogP contribution >= 0.6 is 0 Å². The number of amides is 1. The van der Waals surface area contributed by atoms with Crippen molar-refractivity contribution < 1.29 is 13.7 Å². The number of nitrogens with zero attached hydrogens (tertiary/aromatic N) is 2. The second-order valence-corrected chi connectivity index (χ2v) is 12.4. The highest BCUT2D eigenvalue weighted by Gasteiger charge is 2.50. The zero-order valence-corrected chi connectivity index (χ0v) is 19.6. The van der Waals surface area contributed by atoms with E-state index >= 15 is 0 Å². The molecule has 1 unspecified atom stereocenters. The summed E-state index contributed by atoms with van der Waals surface area (Å²) in [6, 6.07) is 4.14. The van der Waals surface area contributed by atoms with Crippen LogP contribution in [0.5, 0.6) is 0 Å². The highest BCUT2D eigenvalue weighted by atomic mass is 32.2. The average Bonchev–Trinajstić information content (AvgIpc) is 2.85. The lowest BCUT2D eigenvalue weighted by Gasteiger charge is -2.43. The molecule has 1 spiro atoms. The molecule has 29 heavy (non-hydrogen) atoms. The van der Waals surface area contributed by atoms with E-state index in [0.29, 0.717) is 13.1 Å². The molecule has 1 amide bonds. The van der Waals surface area contributed by atoms with Gasteiger partial charge in [0.25, 0.3) is 0 Å². The van der Waals surface area contributed by atoms with Crippen molar-refractivity contribution in [1.29, 1.82) is 0 Å². The number of likely N-dealkylation sites (tertiary alicyclic amines) is 1. The molecule has 6 nitrogen and oxygen atoms in total. The first-order chi connectivity index (χ1) is 13.3. The van der Waals surface area contributed by atoms with Gasteiger partial charge in [-0.3, -0.25) is 4.98 Å². The molecule has 1 saturated heterocycles. The van der Waals surface area contributed by atoms with Gasteiger partial charge in [0.15, 0.2) is 0 Å². The molecule has 1 fully saturated rings. The number of pyridine rings is 1. The largest absolute Gasteiger partial charge is 0.444 e. The topological polar surface area (TPSA) is 71.5 Å². The molecule has 0 bridgehead atoms. The summed E-state index contributed by atoms with van der Waals surface area (Å²) in [6.45, 7) is 14.9. The Bertz CT molecular complexity index is 803. The van der Waals surface area contributed by atoms with Crippen molar-refractivity contribution in [2.75, 3.05) is 13.1 Å². The van der Waals surface area contributed by atoms with Crippen molar-refractivity contribution in [3.63, 3.8) is 0 Å². The Morgan fingerprint density at radius 1 is 1.21 bits per heavy atom. The van der Waals surface area contributed by atoms with Gasteiger partial charge in [-0.2, -0.15) is 0 Å². The zero-order valence-electron chi connectivity index (χ0n) is 18.8.